The van der Waals surface area contributed by atoms with Crippen molar-refractivity contribution in [1.29, 1.82) is 0 Å². The Balaban J connectivity index is 2.02. The van der Waals surface area contributed by atoms with Crippen LogP contribution in [0.1, 0.15) is 31.6 Å². The number of rotatable bonds is 8. The summed E-state index contributed by atoms with van der Waals surface area (Å²) in [6, 6.07) is 13.0. The molecular formula is C26H33ClN2O5S. The number of carbonyl (C=O) groups is 2. The number of hydrogen-bond donors (Lipinski definition) is 0. The standard InChI is InChI=1S/C26H33ClN2O5S/c1-26(2,3)34-22(30)16-33-23-24(17-7-10-19(32-6)11-8-17)35-21-15-18(27)9-12-20(21)29(25(23)31)14-13-28(4)5/h7-12,15,23-24H,13-14,16H2,1-6H3/t23-,24+/m0/s1. The molecule has 3 rings (SSSR count). The maximum atomic E-state index is 14.0. The van der Waals surface area contributed by atoms with Crippen LogP contribution in [0.5, 0.6) is 5.75 Å². The van der Waals surface area contributed by atoms with Crippen molar-refractivity contribution in [3.8, 4) is 5.75 Å². The summed E-state index contributed by atoms with van der Waals surface area (Å²) >= 11 is 7.84. The average molecular weight is 521 g/mol. The lowest BCUT2D eigenvalue weighted by Crippen LogP contribution is -2.45. The Morgan fingerprint density at radius 2 is 1.83 bits per heavy atom. The quantitative estimate of drug-likeness (QED) is 0.462. The largest absolute Gasteiger partial charge is 0.497 e. The molecular weight excluding hydrogens is 488 g/mol. The molecule has 0 N–H and O–H groups in total. The first-order valence-electron chi connectivity index (χ1n) is 11.4. The van der Waals surface area contributed by atoms with E-state index in [1.807, 2.05) is 55.4 Å². The summed E-state index contributed by atoms with van der Waals surface area (Å²) in [4.78, 5) is 31.0. The highest BCUT2D eigenvalue weighted by atomic mass is 35.5. The normalized spacial score (nSPS) is 18.3. The maximum Gasteiger partial charge on any atom is 0.332 e. The number of nitrogens with zero attached hydrogens (tertiary/aromatic N) is 2. The van der Waals surface area contributed by atoms with E-state index in [0.717, 1.165) is 16.1 Å². The van der Waals surface area contributed by atoms with Gasteiger partial charge < -0.3 is 24.0 Å². The molecule has 7 nitrogen and oxygen atoms in total. The molecule has 0 aliphatic carbocycles. The van der Waals surface area contributed by atoms with Crippen LogP contribution in [0.4, 0.5) is 5.69 Å². The number of likely N-dealkylation sites (N-methyl/N-ethyl adjacent to an activating group) is 1. The second-order valence-corrected chi connectivity index (χ2v) is 11.2. The molecule has 0 saturated heterocycles. The molecule has 9 heteroatoms. The lowest BCUT2D eigenvalue weighted by molar-refractivity contribution is -0.163. The highest BCUT2D eigenvalue weighted by Crippen LogP contribution is 2.47. The third-order valence-corrected chi connectivity index (χ3v) is 6.86. The first kappa shape index (κ1) is 27.3. The van der Waals surface area contributed by atoms with Crippen LogP contribution in [0, 0.1) is 0 Å². The molecule has 0 aromatic heterocycles. The molecule has 0 radical (unpaired) electrons. The Kier molecular flexibility index (Phi) is 9.10. The van der Waals surface area contributed by atoms with Crippen LogP contribution in [0.2, 0.25) is 5.02 Å². The molecule has 2 atom stereocenters. The van der Waals surface area contributed by atoms with E-state index in [0.29, 0.717) is 23.9 Å². The van der Waals surface area contributed by atoms with Gasteiger partial charge in [0.25, 0.3) is 5.91 Å². The van der Waals surface area contributed by atoms with E-state index in [2.05, 4.69) is 0 Å². The third kappa shape index (κ3) is 7.36. The number of carbonyl (C=O) groups excluding carboxylic acids is 2. The molecule has 35 heavy (non-hydrogen) atoms. The SMILES string of the molecule is COc1ccc([C@H]2Sc3cc(Cl)ccc3N(CCN(C)C)C(=O)[C@H]2OCC(=O)OC(C)(C)C)cc1. The molecule has 190 valence electrons. The van der Waals surface area contributed by atoms with Gasteiger partial charge in [-0.3, -0.25) is 4.79 Å². The van der Waals surface area contributed by atoms with Crippen LogP contribution in [0.3, 0.4) is 0 Å². The molecule has 1 heterocycles. The Morgan fingerprint density at radius 1 is 1.14 bits per heavy atom. The predicted molar refractivity (Wildman–Crippen MR) is 140 cm³/mol. The molecule has 2 aromatic carbocycles. The number of ether oxygens (including phenoxy) is 3. The van der Waals surface area contributed by atoms with Crippen LogP contribution in [0.15, 0.2) is 47.4 Å². The van der Waals surface area contributed by atoms with Gasteiger partial charge in [0.1, 0.15) is 18.0 Å². The van der Waals surface area contributed by atoms with E-state index in [4.69, 9.17) is 25.8 Å². The minimum absolute atomic E-state index is 0.218. The predicted octanol–water partition coefficient (Wildman–Crippen LogP) is 4.82. The van der Waals surface area contributed by atoms with Gasteiger partial charge in [0.05, 0.1) is 18.0 Å². The highest BCUT2D eigenvalue weighted by Gasteiger charge is 2.40. The van der Waals surface area contributed by atoms with Gasteiger partial charge in [-0.2, -0.15) is 0 Å². The highest BCUT2D eigenvalue weighted by molar-refractivity contribution is 7.99. The zero-order valence-electron chi connectivity index (χ0n) is 21.0. The summed E-state index contributed by atoms with van der Waals surface area (Å²) in [5, 5.41) is 0.162. The topological polar surface area (TPSA) is 68.3 Å². The minimum atomic E-state index is -0.922. The first-order chi connectivity index (χ1) is 16.5. The number of amides is 1. The van der Waals surface area contributed by atoms with E-state index in [-0.39, 0.29) is 12.5 Å². The molecule has 0 saturated carbocycles. The monoisotopic (exact) mass is 520 g/mol. The van der Waals surface area contributed by atoms with Gasteiger partial charge >= 0.3 is 5.97 Å². The summed E-state index contributed by atoms with van der Waals surface area (Å²) in [5.41, 5.74) is 0.995. The van der Waals surface area contributed by atoms with E-state index in [1.165, 1.54) is 11.8 Å². The van der Waals surface area contributed by atoms with Crippen molar-refractivity contribution in [1.82, 2.24) is 4.90 Å². The van der Waals surface area contributed by atoms with Gasteiger partial charge in [0.15, 0.2) is 6.10 Å². The molecule has 2 aromatic rings. The van der Waals surface area contributed by atoms with Gasteiger partial charge in [0, 0.05) is 23.0 Å². The van der Waals surface area contributed by atoms with Crippen LogP contribution in [-0.2, 0) is 19.1 Å². The number of hydrogen-bond acceptors (Lipinski definition) is 7. The Hall–Kier alpha value is -2.26. The maximum absolute atomic E-state index is 14.0. The lowest BCUT2D eigenvalue weighted by Gasteiger charge is -2.29. The number of thioether (sulfide) groups is 1. The lowest BCUT2D eigenvalue weighted by atomic mass is 10.1. The summed E-state index contributed by atoms with van der Waals surface area (Å²) in [6.07, 6.45) is -0.922. The van der Waals surface area contributed by atoms with Crippen LogP contribution >= 0.6 is 23.4 Å². The van der Waals surface area contributed by atoms with Crippen molar-refractivity contribution in [3.05, 3.63) is 53.1 Å². The number of methoxy groups -OCH3 is 1. The second kappa shape index (κ2) is 11.6. The smallest absolute Gasteiger partial charge is 0.332 e. The number of fused-ring (bicyclic) bond motifs is 1. The summed E-state index contributed by atoms with van der Waals surface area (Å²) < 4.78 is 16.8. The fraction of sp³-hybridized carbons (Fsp3) is 0.462. The molecule has 0 bridgehead atoms. The van der Waals surface area contributed by atoms with Gasteiger partial charge in [-0.15, -0.1) is 11.8 Å². The molecule has 0 unspecified atom stereocenters. The van der Waals surface area contributed by atoms with E-state index >= 15 is 0 Å². The van der Waals surface area contributed by atoms with Crippen molar-refractivity contribution in [2.75, 3.05) is 45.8 Å². The second-order valence-electron chi connectivity index (χ2n) is 9.53. The van der Waals surface area contributed by atoms with Crippen LogP contribution in [-0.4, -0.2) is 69.4 Å². The minimum Gasteiger partial charge on any atom is -0.497 e. The van der Waals surface area contributed by atoms with E-state index in [9.17, 15) is 9.59 Å². The van der Waals surface area contributed by atoms with E-state index in [1.54, 1.807) is 38.8 Å². The summed E-state index contributed by atoms with van der Waals surface area (Å²) in [5.74, 6) is -0.0285. The molecule has 1 amide bonds. The number of anilines is 1. The number of halogens is 1. The molecule has 1 aliphatic rings. The van der Waals surface area contributed by atoms with Crippen LogP contribution < -0.4 is 9.64 Å². The molecule has 0 spiro atoms. The average Bonchev–Trinajstić information content (AvgIpc) is 2.89. The Labute approximate surface area is 216 Å². The summed E-state index contributed by atoms with van der Waals surface area (Å²) in [7, 11) is 5.51. The van der Waals surface area contributed by atoms with Crippen LogP contribution in [0.25, 0.3) is 0 Å². The Bertz CT molecular complexity index is 1040. The van der Waals surface area contributed by atoms with Gasteiger partial charge in [-0.25, -0.2) is 4.79 Å². The zero-order chi connectivity index (χ0) is 25.8. The fourth-order valence-electron chi connectivity index (χ4n) is 3.66. The van der Waals surface area contributed by atoms with Gasteiger partial charge in [-0.05, 0) is 70.8 Å². The number of benzene rings is 2. The zero-order valence-corrected chi connectivity index (χ0v) is 22.6. The van der Waals surface area contributed by atoms with Crippen molar-refractivity contribution < 1.29 is 23.8 Å². The molecule has 0 fully saturated rings. The Morgan fingerprint density at radius 3 is 2.43 bits per heavy atom. The van der Waals surface area contributed by atoms with Crippen molar-refractivity contribution in [2.24, 2.45) is 0 Å². The first-order valence-corrected chi connectivity index (χ1v) is 12.6. The number of esters is 1. The molecule has 1 aliphatic heterocycles. The van der Waals surface area contributed by atoms with Gasteiger partial charge in [0.2, 0.25) is 0 Å². The van der Waals surface area contributed by atoms with E-state index < -0.39 is 22.9 Å². The fourth-order valence-corrected chi connectivity index (χ4v) is 5.28. The van der Waals surface area contributed by atoms with Crippen molar-refractivity contribution in [3.63, 3.8) is 0 Å². The summed E-state index contributed by atoms with van der Waals surface area (Å²) in [6.45, 7) is 6.16. The van der Waals surface area contributed by atoms with Gasteiger partial charge in [-0.1, -0.05) is 23.7 Å². The van der Waals surface area contributed by atoms with Crippen molar-refractivity contribution >= 4 is 40.9 Å². The third-order valence-electron chi connectivity index (χ3n) is 5.27. The van der Waals surface area contributed by atoms with Crippen molar-refractivity contribution in [2.45, 2.75) is 42.6 Å².